The average molecular weight is 478 g/mol. The summed E-state index contributed by atoms with van der Waals surface area (Å²) in [5, 5.41) is 0. The number of halogens is 2. The molecule has 0 atom stereocenters. The molecular weight excluding hydrogens is 462 g/mol. The number of aryl methyl sites for hydroxylation is 2. The standard InChI is InChI=1S/C12H16I2O2S/c1-3-4-5-10-6-7-11(9(2)8-10)17(15,16)12(13)14/h6-8,12H,3-5H2,1-2H3. The average Bonchev–Trinajstić information content (AvgIpc) is 2.25. The van der Waals surface area contributed by atoms with E-state index in [-0.39, 0.29) is 0 Å². The molecule has 1 aromatic rings. The lowest BCUT2D eigenvalue weighted by Gasteiger charge is -2.10. The van der Waals surface area contributed by atoms with Crippen molar-refractivity contribution < 1.29 is 8.42 Å². The molecule has 0 aliphatic heterocycles. The monoisotopic (exact) mass is 478 g/mol. The van der Waals surface area contributed by atoms with Crippen molar-refractivity contribution in [3.8, 4) is 0 Å². The van der Waals surface area contributed by atoms with Gasteiger partial charge in [-0.25, -0.2) is 8.42 Å². The van der Waals surface area contributed by atoms with E-state index in [1.54, 1.807) is 6.07 Å². The van der Waals surface area contributed by atoms with Crippen LogP contribution in [0.1, 0.15) is 30.9 Å². The van der Waals surface area contributed by atoms with Crippen molar-refractivity contribution in [1.82, 2.24) is 0 Å². The van der Waals surface area contributed by atoms with Crippen molar-refractivity contribution in [2.24, 2.45) is 0 Å². The van der Waals surface area contributed by atoms with Crippen LogP contribution in [0.25, 0.3) is 0 Å². The van der Waals surface area contributed by atoms with Crippen LogP contribution in [0.4, 0.5) is 0 Å². The number of benzene rings is 1. The summed E-state index contributed by atoms with van der Waals surface area (Å²) in [5.74, 6) is 0. The second kappa shape index (κ2) is 6.70. The van der Waals surface area contributed by atoms with Gasteiger partial charge >= 0.3 is 0 Å². The summed E-state index contributed by atoms with van der Waals surface area (Å²) in [4.78, 5) is 0.464. The van der Waals surface area contributed by atoms with Gasteiger partial charge in [-0.1, -0.05) is 70.7 Å². The minimum Gasteiger partial charge on any atom is -0.222 e. The Hall–Kier alpha value is 0.630. The van der Waals surface area contributed by atoms with Crippen molar-refractivity contribution in [3.63, 3.8) is 0 Å². The zero-order valence-corrected chi connectivity index (χ0v) is 15.0. The first-order chi connectivity index (χ1) is 7.89. The Morgan fingerprint density at radius 3 is 2.41 bits per heavy atom. The van der Waals surface area contributed by atoms with E-state index in [0.717, 1.165) is 24.8 Å². The van der Waals surface area contributed by atoms with Crippen molar-refractivity contribution in [1.29, 1.82) is 0 Å². The van der Waals surface area contributed by atoms with Gasteiger partial charge in [-0.2, -0.15) is 0 Å². The lowest BCUT2D eigenvalue weighted by atomic mass is 10.1. The highest BCUT2D eigenvalue weighted by molar-refractivity contribution is 14.2. The maximum absolute atomic E-state index is 12.1. The third kappa shape index (κ3) is 4.05. The van der Waals surface area contributed by atoms with Crippen LogP contribution in [0.3, 0.4) is 0 Å². The fourth-order valence-corrected chi connectivity index (χ4v) is 4.26. The quantitative estimate of drug-likeness (QED) is 0.469. The number of alkyl halides is 2. The van der Waals surface area contributed by atoms with Gasteiger partial charge in [0.25, 0.3) is 0 Å². The van der Waals surface area contributed by atoms with E-state index in [9.17, 15) is 8.42 Å². The SMILES string of the molecule is CCCCc1ccc(S(=O)(=O)C(I)I)c(C)c1. The Morgan fingerprint density at radius 1 is 1.29 bits per heavy atom. The van der Waals surface area contributed by atoms with Gasteiger partial charge in [-0.15, -0.1) is 0 Å². The highest BCUT2D eigenvalue weighted by Gasteiger charge is 2.23. The molecule has 0 bridgehead atoms. The van der Waals surface area contributed by atoms with Crippen LogP contribution in [0.2, 0.25) is 0 Å². The Kier molecular flexibility index (Phi) is 6.18. The first kappa shape index (κ1) is 15.7. The lowest BCUT2D eigenvalue weighted by Crippen LogP contribution is -2.10. The summed E-state index contributed by atoms with van der Waals surface area (Å²) in [6, 6.07) is 5.68. The van der Waals surface area contributed by atoms with Crippen LogP contribution in [0.5, 0.6) is 0 Å². The van der Waals surface area contributed by atoms with Crippen LogP contribution in [-0.2, 0) is 16.3 Å². The molecule has 0 unspecified atom stereocenters. The van der Waals surface area contributed by atoms with Crippen molar-refractivity contribution in [3.05, 3.63) is 29.3 Å². The summed E-state index contributed by atoms with van der Waals surface area (Å²) >= 11 is 3.87. The predicted octanol–water partition coefficient (Wildman–Crippen LogP) is 4.26. The molecule has 5 heteroatoms. The molecule has 0 aliphatic rings. The van der Waals surface area contributed by atoms with Crippen LogP contribution in [0.15, 0.2) is 23.1 Å². The van der Waals surface area contributed by atoms with Gasteiger partial charge in [0, 0.05) is 0 Å². The highest BCUT2D eigenvalue weighted by atomic mass is 127. The lowest BCUT2D eigenvalue weighted by molar-refractivity contribution is 0.600. The minimum atomic E-state index is -3.17. The molecule has 0 N–H and O–H groups in total. The van der Waals surface area contributed by atoms with Crippen molar-refractivity contribution in [2.45, 2.75) is 39.3 Å². The van der Waals surface area contributed by atoms with E-state index in [4.69, 9.17) is 0 Å². The van der Waals surface area contributed by atoms with E-state index in [1.807, 2.05) is 64.2 Å². The number of hydrogen-bond donors (Lipinski definition) is 0. The Morgan fingerprint density at radius 2 is 1.94 bits per heavy atom. The van der Waals surface area contributed by atoms with Gasteiger partial charge in [0.2, 0.25) is 0 Å². The van der Waals surface area contributed by atoms with Gasteiger partial charge in [-0.05, 0) is 37.0 Å². The minimum absolute atomic E-state index is 0.419. The Labute approximate surface area is 131 Å². The van der Waals surface area contributed by atoms with Gasteiger partial charge in [0.05, 0.1) is 4.90 Å². The van der Waals surface area contributed by atoms with E-state index < -0.39 is 11.1 Å². The predicted molar refractivity (Wildman–Crippen MR) is 88.8 cm³/mol. The third-order valence-corrected chi connectivity index (χ3v) is 8.16. The van der Waals surface area contributed by atoms with Gasteiger partial charge in [0.1, 0.15) is 0 Å². The molecule has 0 aliphatic carbocycles. The topological polar surface area (TPSA) is 34.1 Å². The molecule has 1 rings (SSSR count). The first-order valence-corrected chi connectivity index (χ1v) is 9.55. The second-order valence-electron chi connectivity index (χ2n) is 4.01. The normalized spacial score (nSPS) is 12.1. The smallest absolute Gasteiger partial charge is 0.199 e. The largest absolute Gasteiger partial charge is 0.222 e. The van der Waals surface area contributed by atoms with E-state index >= 15 is 0 Å². The molecule has 2 nitrogen and oxygen atoms in total. The molecule has 0 amide bonds. The Bertz CT molecular complexity index is 481. The molecule has 96 valence electrons. The number of unbranched alkanes of at least 4 members (excludes halogenated alkanes) is 1. The fourth-order valence-electron chi connectivity index (χ4n) is 1.66. The van der Waals surface area contributed by atoms with Crippen molar-refractivity contribution >= 4 is 55.0 Å². The highest BCUT2D eigenvalue weighted by Crippen LogP contribution is 2.28. The summed E-state index contributed by atoms with van der Waals surface area (Å²) in [5.41, 5.74) is 2.08. The molecule has 0 radical (unpaired) electrons. The van der Waals surface area contributed by atoms with E-state index in [0.29, 0.717) is 4.90 Å². The van der Waals surface area contributed by atoms with Gasteiger partial charge in [0.15, 0.2) is 11.1 Å². The van der Waals surface area contributed by atoms with Crippen molar-refractivity contribution in [2.75, 3.05) is 0 Å². The molecule has 0 saturated heterocycles. The molecule has 0 aromatic heterocycles. The zero-order valence-electron chi connectivity index (χ0n) is 9.91. The van der Waals surface area contributed by atoms with Crippen LogP contribution >= 0.6 is 45.2 Å². The number of hydrogen-bond acceptors (Lipinski definition) is 2. The summed E-state index contributed by atoms with van der Waals surface area (Å²) in [6.07, 6.45) is 3.32. The van der Waals surface area contributed by atoms with Crippen LogP contribution in [-0.4, -0.2) is 9.68 Å². The summed E-state index contributed by atoms with van der Waals surface area (Å²) in [6.45, 7) is 4.03. The first-order valence-electron chi connectivity index (χ1n) is 5.51. The van der Waals surface area contributed by atoms with Gasteiger partial charge < -0.3 is 0 Å². The fraction of sp³-hybridized carbons (Fsp3) is 0.500. The molecule has 17 heavy (non-hydrogen) atoms. The number of rotatable bonds is 5. The van der Waals surface area contributed by atoms with Gasteiger partial charge in [-0.3, -0.25) is 0 Å². The maximum atomic E-state index is 12.1. The summed E-state index contributed by atoms with van der Waals surface area (Å²) < 4.78 is 23.7. The molecule has 0 saturated carbocycles. The Balaban J connectivity index is 3.06. The second-order valence-corrected chi connectivity index (χ2v) is 12.6. The third-order valence-electron chi connectivity index (χ3n) is 2.60. The maximum Gasteiger partial charge on any atom is 0.199 e. The molecule has 0 fully saturated rings. The molecule has 1 aromatic carbocycles. The molecule has 0 heterocycles. The zero-order chi connectivity index (χ0) is 13.1. The molecular formula is C12H16I2O2S. The van der Waals surface area contributed by atoms with E-state index in [1.165, 1.54) is 5.56 Å². The van der Waals surface area contributed by atoms with E-state index in [2.05, 4.69) is 6.92 Å². The molecule has 0 spiro atoms. The van der Waals surface area contributed by atoms with Crippen LogP contribution < -0.4 is 0 Å². The number of sulfone groups is 1. The van der Waals surface area contributed by atoms with Crippen LogP contribution in [0, 0.1) is 6.92 Å². The summed E-state index contributed by atoms with van der Waals surface area (Å²) in [7, 11) is -3.17.